The average molecular weight is 500 g/mol. The number of thiazole rings is 1. The molecule has 6 nitrogen and oxygen atoms in total. The maximum absolute atomic E-state index is 12.4. The SMILES string of the molecule is O=C(O)CNCCCn1c(-c2ccc(OC(F)(F)F)cc2)cs/c1=N\Cc1ccc(Cl)cc1. The fourth-order valence-corrected chi connectivity index (χ4v) is 4.10. The van der Waals surface area contributed by atoms with Gasteiger partial charge in [-0.1, -0.05) is 23.7 Å². The summed E-state index contributed by atoms with van der Waals surface area (Å²) in [5.74, 6) is -1.22. The number of rotatable bonds is 10. The third-order valence-corrected chi connectivity index (χ3v) is 5.66. The second-order valence-corrected chi connectivity index (χ2v) is 8.27. The molecule has 0 bridgehead atoms. The minimum absolute atomic E-state index is 0.129. The Balaban J connectivity index is 1.83. The zero-order valence-corrected chi connectivity index (χ0v) is 18.9. The molecule has 1 heterocycles. The van der Waals surface area contributed by atoms with Crippen molar-refractivity contribution in [3.05, 3.63) is 69.3 Å². The monoisotopic (exact) mass is 499 g/mol. The van der Waals surface area contributed by atoms with E-state index in [1.54, 1.807) is 24.3 Å². The number of carbonyl (C=O) groups is 1. The topological polar surface area (TPSA) is 75.8 Å². The molecule has 0 spiro atoms. The normalized spacial score (nSPS) is 12.2. The van der Waals surface area contributed by atoms with Crippen LogP contribution in [0.25, 0.3) is 11.3 Å². The molecule has 2 N–H and O–H groups in total. The Morgan fingerprint density at radius 2 is 1.85 bits per heavy atom. The molecular weight excluding hydrogens is 479 g/mol. The van der Waals surface area contributed by atoms with Crippen LogP contribution in [-0.2, 0) is 17.9 Å². The van der Waals surface area contributed by atoms with Gasteiger partial charge in [-0.25, -0.2) is 0 Å². The van der Waals surface area contributed by atoms with E-state index < -0.39 is 12.3 Å². The van der Waals surface area contributed by atoms with Crippen LogP contribution in [0.2, 0.25) is 5.02 Å². The van der Waals surface area contributed by atoms with Crippen LogP contribution < -0.4 is 14.9 Å². The van der Waals surface area contributed by atoms with Gasteiger partial charge in [0.15, 0.2) is 4.80 Å². The fraction of sp³-hybridized carbons (Fsp3) is 0.273. The third-order valence-electron chi connectivity index (χ3n) is 4.50. The molecule has 3 rings (SSSR count). The van der Waals surface area contributed by atoms with Crippen molar-refractivity contribution < 1.29 is 27.8 Å². The second-order valence-electron chi connectivity index (χ2n) is 6.99. The van der Waals surface area contributed by atoms with Crippen LogP contribution in [0.3, 0.4) is 0 Å². The van der Waals surface area contributed by atoms with E-state index in [1.165, 1.54) is 23.5 Å². The first kappa shape index (κ1) is 24.8. The van der Waals surface area contributed by atoms with Gasteiger partial charge in [0.05, 0.1) is 18.8 Å². The lowest BCUT2D eigenvalue weighted by molar-refractivity contribution is -0.274. The van der Waals surface area contributed by atoms with E-state index in [-0.39, 0.29) is 12.3 Å². The summed E-state index contributed by atoms with van der Waals surface area (Å²) >= 11 is 7.35. The number of hydrogen-bond acceptors (Lipinski definition) is 5. The largest absolute Gasteiger partial charge is 0.573 e. The first-order chi connectivity index (χ1) is 15.7. The van der Waals surface area contributed by atoms with E-state index in [1.807, 2.05) is 22.1 Å². The summed E-state index contributed by atoms with van der Waals surface area (Å²) in [7, 11) is 0. The van der Waals surface area contributed by atoms with E-state index in [4.69, 9.17) is 21.7 Å². The lowest BCUT2D eigenvalue weighted by atomic mass is 10.1. The van der Waals surface area contributed by atoms with Crippen molar-refractivity contribution in [3.8, 4) is 17.0 Å². The van der Waals surface area contributed by atoms with Gasteiger partial charge in [-0.15, -0.1) is 24.5 Å². The van der Waals surface area contributed by atoms with Gasteiger partial charge in [-0.2, -0.15) is 0 Å². The molecule has 0 saturated heterocycles. The van der Waals surface area contributed by atoms with Gasteiger partial charge in [0.25, 0.3) is 0 Å². The van der Waals surface area contributed by atoms with Gasteiger partial charge < -0.3 is 19.7 Å². The molecule has 2 aromatic carbocycles. The molecule has 11 heteroatoms. The van der Waals surface area contributed by atoms with Crippen molar-refractivity contribution in [2.75, 3.05) is 13.1 Å². The first-order valence-corrected chi connectivity index (χ1v) is 11.2. The number of benzene rings is 2. The lowest BCUT2D eigenvalue weighted by Gasteiger charge is -2.11. The quantitative estimate of drug-likeness (QED) is 0.388. The molecule has 0 unspecified atom stereocenters. The Labute approximate surface area is 196 Å². The van der Waals surface area contributed by atoms with Gasteiger partial charge in [-0.3, -0.25) is 9.79 Å². The predicted octanol–water partition coefficient (Wildman–Crippen LogP) is 4.93. The van der Waals surface area contributed by atoms with Crippen molar-refractivity contribution in [3.63, 3.8) is 0 Å². The number of nitrogens with zero attached hydrogens (tertiary/aromatic N) is 2. The molecule has 0 aliphatic heterocycles. The molecule has 3 aromatic rings. The van der Waals surface area contributed by atoms with Crippen molar-refractivity contribution in [2.24, 2.45) is 4.99 Å². The van der Waals surface area contributed by atoms with Gasteiger partial charge in [0.1, 0.15) is 5.75 Å². The zero-order valence-electron chi connectivity index (χ0n) is 17.3. The van der Waals surface area contributed by atoms with E-state index >= 15 is 0 Å². The highest BCUT2D eigenvalue weighted by Crippen LogP contribution is 2.27. The maximum atomic E-state index is 12.4. The van der Waals surface area contributed by atoms with Crippen molar-refractivity contribution >= 4 is 28.9 Å². The fourth-order valence-electron chi connectivity index (χ4n) is 3.03. The highest BCUT2D eigenvalue weighted by Gasteiger charge is 2.31. The Kier molecular flexibility index (Phi) is 8.54. The number of carboxylic acid groups (broad SMARTS) is 1. The Morgan fingerprint density at radius 3 is 2.48 bits per heavy atom. The maximum Gasteiger partial charge on any atom is 0.573 e. The van der Waals surface area contributed by atoms with Crippen LogP contribution >= 0.6 is 22.9 Å². The van der Waals surface area contributed by atoms with E-state index in [2.05, 4.69) is 10.1 Å². The summed E-state index contributed by atoms with van der Waals surface area (Å²) < 4.78 is 43.3. The van der Waals surface area contributed by atoms with Gasteiger partial charge in [-0.05, 0) is 60.5 Å². The van der Waals surface area contributed by atoms with Crippen LogP contribution in [-0.4, -0.2) is 35.1 Å². The van der Waals surface area contributed by atoms with Crippen LogP contribution in [0.1, 0.15) is 12.0 Å². The van der Waals surface area contributed by atoms with Crippen LogP contribution in [0.4, 0.5) is 13.2 Å². The number of aliphatic carboxylic acids is 1. The van der Waals surface area contributed by atoms with E-state index in [0.29, 0.717) is 36.6 Å². The molecule has 0 saturated carbocycles. The van der Waals surface area contributed by atoms with E-state index in [9.17, 15) is 18.0 Å². The minimum atomic E-state index is -4.75. The summed E-state index contributed by atoms with van der Waals surface area (Å²) in [5.41, 5.74) is 2.50. The summed E-state index contributed by atoms with van der Waals surface area (Å²) in [4.78, 5) is 16.1. The van der Waals surface area contributed by atoms with Crippen LogP contribution in [0, 0.1) is 0 Å². The molecule has 0 radical (unpaired) electrons. The molecule has 1 aromatic heterocycles. The molecule has 0 fully saturated rings. The number of nitrogens with one attached hydrogen (secondary N) is 1. The summed E-state index contributed by atoms with van der Waals surface area (Å²) in [5, 5.41) is 14.1. The van der Waals surface area contributed by atoms with Crippen molar-refractivity contribution in [1.82, 2.24) is 9.88 Å². The predicted molar refractivity (Wildman–Crippen MR) is 120 cm³/mol. The minimum Gasteiger partial charge on any atom is -0.480 e. The summed E-state index contributed by atoms with van der Waals surface area (Å²) in [6.07, 6.45) is -4.11. The van der Waals surface area contributed by atoms with Crippen molar-refractivity contribution in [2.45, 2.75) is 25.9 Å². The number of alkyl halides is 3. The molecule has 0 atom stereocenters. The molecular formula is C22H21ClF3N3O3S. The number of ether oxygens (including phenoxy) is 1. The van der Waals surface area contributed by atoms with Crippen LogP contribution in [0.15, 0.2) is 58.9 Å². The highest BCUT2D eigenvalue weighted by molar-refractivity contribution is 7.07. The molecule has 0 amide bonds. The lowest BCUT2D eigenvalue weighted by Crippen LogP contribution is -2.25. The third kappa shape index (κ3) is 7.92. The average Bonchev–Trinajstić information content (AvgIpc) is 3.15. The second kappa shape index (κ2) is 11.4. The van der Waals surface area contributed by atoms with Crippen molar-refractivity contribution in [1.29, 1.82) is 0 Å². The summed E-state index contributed by atoms with van der Waals surface area (Å²) in [6.45, 7) is 1.34. The standard InChI is InChI=1S/C22H21ClF3N3O3S/c23-17-6-2-15(3-7-17)12-28-21-29(11-1-10-27-13-20(30)31)19(14-33-21)16-4-8-18(9-5-16)32-22(24,25)26/h2-9,14,27H,1,10-13H2,(H,30,31)/b28-21-. The van der Waals surface area contributed by atoms with E-state index in [0.717, 1.165) is 16.1 Å². The van der Waals surface area contributed by atoms with Crippen LogP contribution in [0.5, 0.6) is 5.75 Å². The number of hydrogen-bond donors (Lipinski definition) is 2. The Bertz CT molecular complexity index is 1130. The van der Waals surface area contributed by atoms with Gasteiger partial charge >= 0.3 is 12.3 Å². The summed E-state index contributed by atoms with van der Waals surface area (Å²) in [6, 6.07) is 13.0. The smallest absolute Gasteiger partial charge is 0.480 e. The number of carboxylic acids is 1. The molecule has 0 aliphatic rings. The van der Waals surface area contributed by atoms with Gasteiger partial charge in [0.2, 0.25) is 0 Å². The number of aromatic nitrogens is 1. The highest BCUT2D eigenvalue weighted by atomic mass is 35.5. The zero-order chi connectivity index (χ0) is 23.8. The van der Waals surface area contributed by atoms with Gasteiger partial charge in [0, 0.05) is 16.9 Å². The number of halogens is 4. The Morgan fingerprint density at radius 1 is 1.15 bits per heavy atom. The first-order valence-electron chi connectivity index (χ1n) is 9.93. The molecule has 33 heavy (non-hydrogen) atoms. The molecule has 176 valence electrons. The molecule has 0 aliphatic carbocycles. The Hall–Kier alpha value is -2.82.